The van der Waals surface area contributed by atoms with Crippen molar-refractivity contribution in [1.82, 2.24) is 4.90 Å². The Hall–Kier alpha value is -5.70. The van der Waals surface area contributed by atoms with E-state index in [4.69, 9.17) is 18.9 Å². The van der Waals surface area contributed by atoms with Crippen LogP contribution in [0.15, 0.2) is 212 Å². The van der Waals surface area contributed by atoms with Crippen LogP contribution in [-0.4, -0.2) is 53.6 Å². The standard InChI is InChI=1S/C56H57NO5/c58-51(43-62-56(48-30-16-5-17-31-48,49-32-18-6-19-33-49)50-34-20-7-21-35-50)36-37-52(59-40-45-24-10-2-11-25-45)54-55(61-42-47-28-14-4-15-29-47)53(60-41-46-26-12-3-13-27-46)39-57(54)38-44-22-8-1-9-23-44/h1-35,51-55,58H,36-43H2/t51?,52-,53-,54-,55+/m0/s1. The summed E-state index contributed by atoms with van der Waals surface area (Å²) in [5.41, 5.74) is 6.56. The fraction of sp³-hybridized carbons (Fsp3) is 0.250. The van der Waals surface area contributed by atoms with Crippen LogP contribution < -0.4 is 0 Å². The molecule has 7 aromatic rings. The first-order valence-corrected chi connectivity index (χ1v) is 21.9. The first-order valence-electron chi connectivity index (χ1n) is 21.9. The largest absolute Gasteiger partial charge is 0.391 e. The highest BCUT2D eigenvalue weighted by Crippen LogP contribution is 2.41. The summed E-state index contributed by atoms with van der Waals surface area (Å²) < 4.78 is 28.0. The van der Waals surface area contributed by atoms with Gasteiger partial charge in [-0.2, -0.15) is 0 Å². The first-order chi connectivity index (χ1) is 30.7. The molecule has 6 nitrogen and oxygen atoms in total. The summed E-state index contributed by atoms with van der Waals surface area (Å²) in [4.78, 5) is 2.48. The van der Waals surface area contributed by atoms with Gasteiger partial charge in [0.25, 0.3) is 0 Å². The Balaban J connectivity index is 1.10. The van der Waals surface area contributed by atoms with E-state index in [9.17, 15) is 5.11 Å². The number of ether oxygens (including phenoxy) is 4. The summed E-state index contributed by atoms with van der Waals surface area (Å²) in [6, 6.07) is 72.3. The van der Waals surface area contributed by atoms with Gasteiger partial charge in [-0.15, -0.1) is 0 Å². The van der Waals surface area contributed by atoms with E-state index in [0.29, 0.717) is 45.8 Å². The molecule has 1 unspecified atom stereocenters. The molecule has 1 N–H and O–H groups in total. The molecule has 1 aliphatic heterocycles. The average molecular weight is 824 g/mol. The van der Waals surface area contributed by atoms with Crippen LogP contribution in [0.3, 0.4) is 0 Å². The minimum atomic E-state index is -0.939. The van der Waals surface area contributed by atoms with Crippen molar-refractivity contribution < 1.29 is 24.1 Å². The molecule has 7 aromatic carbocycles. The normalized spacial score (nSPS) is 17.7. The molecule has 1 aliphatic rings. The summed E-state index contributed by atoms with van der Waals surface area (Å²) >= 11 is 0. The maximum Gasteiger partial charge on any atom is 0.143 e. The van der Waals surface area contributed by atoms with Gasteiger partial charge in [-0.05, 0) is 51.8 Å². The second-order valence-electron chi connectivity index (χ2n) is 16.2. The number of rotatable bonds is 21. The van der Waals surface area contributed by atoms with Crippen LogP contribution in [0.4, 0.5) is 0 Å². The third-order valence-electron chi connectivity index (χ3n) is 11.9. The third-order valence-corrected chi connectivity index (χ3v) is 11.9. The molecule has 8 rings (SSSR count). The molecule has 1 fully saturated rings. The lowest BCUT2D eigenvalue weighted by Gasteiger charge is -2.37. The minimum absolute atomic E-state index is 0.110. The average Bonchev–Trinajstić information content (AvgIpc) is 3.68. The van der Waals surface area contributed by atoms with Gasteiger partial charge in [-0.3, -0.25) is 4.90 Å². The third kappa shape index (κ3) is 11.0. The van der Waals surface area contributed by atoms with Gasteiger partial charge in [0.15, 0.2) is 0 Å². The molecule has 0 aliphatic carbocycles. The van der Waals surface area contributed by atoms with E-state index in [0.717, 1.165) is 33.4 Å². The van der Waals surface area contributed by atoms with E-state index in [1.54, 1.807) is 0 Å². The highest BCUT2D eigenvalue weighted by atomic mass is 16.5. The zero-order chi connectivity index (χ0) is 42.2. The molecule has 5 atom stereocenters. The number of hydrogen-bond donors (Lipinski definition) is 1. The predicted molar refractivity (Wildman–Crippen MR) is 246 cm³/mol. The molecule has 6 heteroatoms. The van der Waals surface area contributed by atoms with Gasteiger partial charge in [0.2, 0.25) is 0 Å². The van der Waals surface area contributed by atoms with E-state index in [2.05, 4.69) is 108 Å². The summed E-state index contributed by atoms with van der Waals surface area (Å²) in [7, 11) is 0. The van der Waals surface area contributed by atoms with Gasteiger partial charge in [-0.1, -0.05) is 212 Å². The van der Waals surface area contributed by atoms with Crippen molar-refractivity contribution in [3.05, 3.63) is 251 Å². The Bertz CT molecular complexity index is 2200. The lowest BCUT2D eigenvalue weighted by Crippen LogP contribution is -2.48. The molecule has 0 saturated carbocycles. The molecular formula is C56H57NO5. The van der Waals surface area contributed by atoms with Crippen molar-refractivity contribution in [3.8, 4) is 0 Å². The molecular weight excluding hydrogens is 767 g/mol. The van der Waals surface area contributed by atoms with E-state index in [-0.39, 0.29) is 31.0 Å². The molecule has 0 bridgehead atoms. The van der Waals surface area contributed by atoms with Gasteiger partial charge in [0.1, 0.15) is 11.7 Å². The second-order valence-corrected chi connectivity index (χ2v) is 16.2. The molecule has 0 amide bonds. The lowest BCUT2D eigenvalue weighted by atomic mass is 9.80. The number of aliphatic hydroxyl groups excluding tert-OH is 1. The van der Waals surface area contributed by atoms with Gasteiger partial charge in [0, 0.05) is 13.1 Å². The molecule has 1 saturated heterocycles. The summed E-state index contributed by atoms with van der Waals surface area (Å²) in [5, 5.41) is 12.1. The van der Waals surface area contributed by atoms with Crippen LogP contribution in [-0.2, 0) is 50.9 Å². The van der Waals surface area contributed by atoms with Gasteiger partial charge in [0.05, 0.1) is 50.8 Å². The molecule has 0 radical (unpaired) electrons. The van der Waals surface area contributed by atoms with Gasteiger partial charge >= 0.3 is 0 Å². The maximum absolute atomic E-state index is 12.1. The van der Waals surface area contributed by atoms with Crippen LogP contribution >= 0.6 is 0 Å². The van der Waals surface area contributed by atoms with Crippen molar-refractivity contribution in [1.29, 1.82) is 0 Å². The fourth-order valence-corrected chi connectivity index (χ4v) is 8.78. The number of benzene rings is 7. The van der Waals surface area contributed by atoms with Crippen molar-refractivity contribution in [2.24, 2.45) is 0 Å². The van der Waals surface area contributed by atoms with Gasteiger partial charge < -0.3 is 24.1 Å². The van der Waals surface area contributed by atoms with Crippen molar-refractivity contribution in [2.45, 2.75) is 75.3 Å². The maximum atomic E-state index is 12.1. The first kappa shape index (κ1) is 43.0. The Morgan fingerprint density at radius 3 is 1.35 bits per heavy atom. The number of likely N-dealkylation sites (tertiary alicyclic amines) is 1. The van der Waals surface area contributed by atoms with Crippen LogP contribution in [0, 0.1) is 0 Å². The Morgan fingerprint density at radius 2 is 0.887 bits per heavy atom. The number of nitrogens with zero attached hydrogens (tertiary/aromatic N) is 1. The van der Waals surface area contributed by atoms with E-state index in [1.807, 2.05) is 109 Å². The summed E-state index contributed by atoms with van der Waals surface area (Å²) in [6.45, 7) is 2.81. The van der Waals surface area contributed by atoms with Gasteiger partial charge in [-0.25, -0.2) is 0 Å². The topological polar surface area (TPSA) is 60.4 Å². The zero-order valence-corrected chi connectivity index (χ0v) is 35.3. The predicted octanol–water partition coefficient (Wildman–Crippen LogP) is 10.8. The van der Waals surface area contributed by atoms with Crippen molar-refractivity contribution >= 4 is 0 Å². The number of hydrogen-bond acceptors (Lipinski definition) is 6. The monoisotopic (exact) mass is 823 g/mol. The van der Waals surface area contributed by atoms with Crippen molar-refractivity contribution in [3.63, 3.8) is 0 Å². The molecule has 62 heavy (non-hydrogen) atoms. The van der Waals surface area contributed by atoms with E-state index >= 15 is 0 Å². The highest BCUT2D eigenvalue weighted by molar-refractivity contribution is 5.47. The summed E-state index contributed by atoms with van der Waals surface area (Å²) in [5.74, 6) is 0. The van der Waals surface area contributed by atoms with Crippen LogP contribution in [0.25, 0.3) is 0 Å². The minimum Gasteiger partial charge on any atom is -0.391 e. The highest BCUT2D eigenvalue weighted by Gasteiger charge is 2.48. The fourth-order valence-electron chi connectivity index (χ4n) is 8.78. The van der Waals surface area contributed by atoms with Crippen molar-refractivity contribution in [2.75, 3.05) is 13.2 Å². The van der Waals surface area contributed by atoms with Crippen LogP contribution in [0.1, 0.15) is 51.8 Å². The van der Waals surface area contributed by atoms with Crippen LogP contribution in [0.5, 0.6) is 0 Å². The molecule has 316 valence electrons. The SMILES string of the molecule is OC(CC[C@H](OCc1ccccc1)[C@H]1[C@H](OCc2ccccc2)[C@@H](OCc2ccccc2)CN1Cc1ccccc1)COC(c1ccccc1)(c1ccccc1)c1ccccc1. The Morgan fingerprint density at radius 1 is 0.484 bits per heavy atom. The Labute approximate surface area is 367 Å². The summed E-state index contributed by atoms with van der Waals surface area (Å²) in [6.07, 6.45) is -0.637. The second kappa shape index (κ2) is 21.9. The van der Waals surface area contributed by atoms with Crippen LogP contribution in [0.2, 0.25) is 0 Å². The zero-order valence-electron chi connectivity index (χ0n) is 35.3. The number of aliphatic hydroxyl groups is 1. The molecule has 1 heterocycles. The Kier molecular flexibility index (Phi) is 15.2. The molecule has 0 spiro atoms. The van der Waals surface area contributed by atoms with E-state index < -0.39 is 11.7 Å². The lowest BCUT2D eigenvalue weighted by molar-refractivity contribution is -0.107. The molecule has 0 aromatic heterocycles. The quantitative estimate of drug-likeness (QED) is 0.0729. The van der Waals surface area contributed by atoms with E-state index in [1.165, 1.54) is 5.56 Å². The smallest absolute Gasteiger partial charge is 0.143 e.